The predicted octanol–water partition coefficient (Wildman–Crippen LogP) is 2.57. The van der Waals surface area contributed by atoms with E-state index < -0.39 is 0 Å². The number of hydrogen-bond acceptors (Lipinski definition) is 2. The highest BCUT2D eigenvalue weighted by Crippen LogP contribution is 2.25. The van der Waals surface area contributed by atoms with Crippen molar-refractivity contribution in [2.45, 2.75) is 32.7 Å². The first kappa shape index (κ1) is 13.9. The molecule has 1 aliphatic rings. The van der Waals surface area contributed by atoms with Gasteiger partial charge in [0.25, 0.3) is 5.91 Å². The minimum atomic E-state index is 0.0557. The fourth-order valence-corrected chi connectivity index (χ4v) is 3.06. The molecule has 0 atom stereocenters. The minimum absolute atomic E-state index is 0.0557. The third-order valence-electron chi connectivity index (χ3n) is 4.20. The van der Waals surface area contributed by atoms with E-state index in [1.54, 1.807) is 0 Å². The SMILES string of the molecule is CCN(Cc1ccccc1)C(=O)c1nn(C)c2c1CCC2. The van der Waals surface area contributed by atoms with Crippen LogP contribution in [0.25, 0.3) is 0 Å². The Bertz CT molecular complexity index is 646. The Morgan fingerprint density at radius 2 is 2.05 bits per heavy atom. The van der Waals surface area contributed by atoms with Crippen LogP contribution >= 0.6 is 0 Å². The van der Waals surface area contributed by atoms with Gasteiger partial charge in [-0.15, -0.1) is 0 Å². The fraction of sp³-hybridized carbons (Fsp3) is 0.412. The van der Waals surface area contributed by atoms with E-state index in [9.17, 15) is 4.79 Å². The molecule has 0 saturated carbocycles. The topological polar surface area (TPSA) is 38.1 Å². The quantitative estimate of drug-likeness (QED) is 0.865. The van der Waals surface area contributed by atoms with Crippen molar-refractivity contribution in [2.24, 2.45) is 7.05 Å². The molecule has 0 fully saturated rings. The first-order valence-corrected chi connectivity index (χ1v) is 7.58. The first-order chi connectivity index (χ1) is 10.2. The molecule has 0 spiro atoms. The van der Waals surface area contributed by atoms with Crippen LogP contribution in [0.4, 0.5) is 0 Å². The Kier molecular flexibility index (Phi) is 3.78. The van der Waals surface area contributed by atoms with Gasteiger partial charge >= 0.3 is 0 Å². The van der Waals surface area contributed by atoms with Crippen LogP contribution in [0.5, 0.6) is 0 Å². The summed E-state index contributed by atoms with van der Waals surface area (Å²) in [5.74, 6) is 0.0557. The number of carbonyl (C=O) groups excluding carboxylic acids is 1. The summed E-state index contributed by atoms with van der Waals surface area (Å²) in [6.45, 7) is 3.35. The zero-order chi connectivity index (χ0) is 14.8. The van der Waals surface area contributed by atoms with Gasteiger partial charge in [-0.2, -0.15) is 5.10 Å². The maximum Gasteiger partial charge on any atom is 0.274 e. The van der Waals surface area contributed by atoms with Crippen LogP contribution in [-0.4, -0.2) is 27.1 Å². The molecular formula is C17H21N3O. The number of aryl methyl sites for hydroxylation is 1. The molecule has 0 aliphatic heterocycles. The molecule has 0 unspecified atom stereocenters. The monoisotopic (exact) mass is 283 g/mol. The summed E-state index contributed by atoms with van der Waals surface area (Å²) in [4.78, 5) is 14.7. The van der Waals surface area contributed by atoms with E-state index in [1.165, 1.54) is 5.69 Å². The van der Waals surface area contributed by atoms with Gasteiger partial charge in [0, 0.05) is 31.4 Å². The molecule has 4 nitrogen and oxygen atoms in total. The van der Waals surface area contributed by atoms with Crippen molar-refractivity contribution in [1.29, 1.82) is 0 Å². The smallest absolute Gasteiger partial charge is 0.274 e. The fourth-order valence-electron chi connectivity index (χ4n) is 3.06. The molecule has 1 aromatic heterocycles. The minimum Gasteiger partial charge on any atom is -0.333 e. The first-order valence-electron chi connectivity index (χ1n) is 7.58. The Hall–Kier alpha value is -2.10. The zero-order valence-corrected chi connectivity index (χ0v) is 12.7. The lowest BCUT2D eigenvalue weighted by atomic mass is 10.1. The van der Waals surface area contributed by atoms with E-state index in [1.807, 2.05) is 41.8 Å². The summed E-state index contributed by atoms with van der Waals surface area (Å²) < 4.78 is 1.88. The molecular weight excluding hydrogens is 262 g/mol. The van der Waals surface area contributed by atoms with Crippen LogP contribution in [0.15, 0.2) is 30.3 Å². The lowest BCUT2D eigenvalue weighted by molar-refractivity contribution is 0.0744. The van der Waals surface area contributed by atoms with Gasteiger partial charge in [-0.1, -0.05) is 30.3 Å². The second kappa shape index (κ2) is 5.72. The molecule has 0 bridgehead atoms. The molecule has 0 saturated heterocycles. The van der Waals surface area contributed by atoms with E-state index in [2.05, 4.69) is 17.2 Å². The molecule has 3 rings (SSSR count). The van der Waals surface area contributed by atoms with Crippen LogP contribution in [0.3, 0.4) is 0 Å². The van der Waals surface area contributed by atoms with Gasteiger partial charge < -0.3 is 4.90 Å². The summed E-state index contributed by atoms with van der Waals surface area (Å²) in [5.41, 5.74) is 4.20. The summed E-state index contributed by atoms with van der Waals surface area (Å²) >= 11 is 0. The number of aromatic nitrogens is 2. The number of amides is 1. The van der Waals surface area contributed by atoms with Gasteiger partial charge in [0.1, 0.15) is 0 Å². The molecule has 0 radical (unpaired) electrons. The van der Waals surface area contributed by atoms with Gasteiger partial charge in [-0.3, -0.25) is 9.48 Å². The van der Waals surface area contributed by atoms with Crippen molar-refractivity contribution in [3.8, 4) is 0 Å². The largest absolute Gasteiger partial charge is 0.333 e. The number of rotatable bonds is 4. The van der Waals surface area contributed by atoms with Crippen molar-refractivity contribution in [3.63, 3.8) is 0 Å². The summed E-state index contributed by atoms with van der Waals surface area (Å²) in [7, 11) is 1.94. The number of hydrogen-bond donors (Lipinski definition) is 0. The van der Waals surface area contributed by atoms with Crippen LogP contribution in [-0.2, 0) is 26.4 Å². The van der Waals surface area contributed by atoms with Gasteiger partial charge in [0.2, 0.25) is 0 Å². The van der Waals surface area contributed by atoms with E-state index in [0.29, 0.717) is 18.8 Å². The Balaban J connectivity index is 1.84. The number of nitrogens with zero attached hydrogens (tertiary/aromatic N) is 3. The van der Waals surface area contributed by atoms with E-state index in [4.69, 9.17) is 0 Å². The van der Waals surface area contributed by atoms with Crippen LogP contribution in [0.2, 0.25) is 0 Å². The maximum absolute atomic E-state index is 12.8. The van der Waals surface area contributed by atoms with E-state index in [0.717, 1.165) is 30.4 Å². The maximum atomic E-state index is 12.8. The lowest BCUT2D eigenvalue weighted by Crippen LogP contribution is -2.31. The molecule has 1 heterocycles. The van der Waals surface area contributed by atoms with Crippen molar-refractivity contribution in [1.82, 2.24) is 14.7 Å². The zero-order valence-electron chi connectivity index (χ0n) is 12.7. The lowest BCUT2D eigenvalue weighted by Gasteiger charge is -2.20. The highest BCUT2D eigenvalue weighted by molar-refractivity contribution is 5.94. The molecule has 1 amide bonds. The average Bonchev–Trinajstić information content (AvgIpc) is 3.09. The Labute approximate surface area is 125 Å². The molecule has 21 heavy (non-hydrogen) atoms. The average molecular weight is 283 g/mol. The van der Waals surface area contributed by atoms with Crippen LogP contribution < -0.4 is 0 Å². The van der Waals surface area contributed by atoms with Crippen molar-refractivity contribution >= 4 is 5.91 Å². The summed E-state index contributed by atoms with van der Waals surface area (Å²) in [6.07, 6.45) is 3.15. The number of carbonyl (C=O) groups is 1. The van der Waals surface area contributed by atoms with E-state index >= 15 is 0 Å². The summed E-state index contributed by atoms with van der Waals surface area (Å²) in [5, 5.41) is 4.47. The Morgan fingerprint density at radius 3 is 2.76 bits per heavy atom. The van der Waals surface area contributed by atoms with Crippen molar-refractivity contribution in [2.75, 3.05) is 6.54 Å². The highest BCUT2D eigenvalue weighted by atomic mass is 16.2. The molecule has 110 valence electrons. The van der Waals surface area contributed by atoms with Crippen molar-refractivity contribution in [3.05, 3.63) is 52.8 Å². The normalized spacial score (nSPS) is 13.2. The van der Waals surface area contributed by atoms with Crippen LogP contribution in [0, 0.1) is 0 Å². The molecule has 2 aromatic rings. The third kappa shape index (κ3) is 2.58. The number of fused-ring (bicyclic) bond motifs is 1. The number of benzene rings is 1. The second-order valence-corrected chi connectivity index (χ2v) is 5.56. The standard InChI is InChI=1S/C17H21N3O/c1-3-20(12-13-8-5-4-6-9-13)17(21)16-14-10-7-11-15(14)19(2)18-16/h4-6,8-9H,3,7,10-12H2,1-2H3. The van der Waals surface area contributed by atoms with Crippen molar-refractivity contribution < 1.29 is 4.79 Å². The van der Waals surface area contributed by atoms with E-state index in [-0.39, 0.29) is 5.91 Å². The Morgan fingerprint density at radius 1 is 1.29 bits per heavy atom. The second-order valence-electron chi connectivity index (χ2n) is 5.56. The van der Waals surface area contributed by atoms with Gasteiger partial charge in [-0.05, 0) is 31.7 Å². The van der Waals surface area contributed by atoms with Gasteiger partial charge in [0.05, 0.1) is 0 Å². The predicted molar refractivity (Wildman–Crippen MR) is 82.1 cm³/mol. The molecule has 0 N–H and O–H groups in total. The van der Waals surface area contributed by atoms with Gasteiger partial charge in [0.15, 0.2) is 5.69 Å². The van der Waals surface area contributed by atoms with Gasteiger partial charge in [-0.25, -0.2) is 0 Å². The molecule has 1 aliphatic carbocycles. The molecule has 1 aromatic carbocycles. The third-order valence-corrected chi connectivity index (χ3v) is 4.20. The van der Waals surface area contributed by atoms with Crippen LogP contribution in [0.1, 0.15) is 40.7 Å². The highest BCUT2D eigenvalue weighted by Gasteiger charge is 2.27. The summed E-state index contributed by atoms with van der Waals surface area (Å²) in [6, 6.07) is 10.1. The molecule has 4 heteroatoms.